The van der Waals surface area contributed by atoms with Gasteiger partial charge >= 0.3 is 0 Å². The molecule has 6 heteroatoms. The second-order valence-corrected chi connectivity index (χ2v) is 6.42. The van der Waals surface area contributed by atoms with Crippen LogP contribution in [0.3, 0.4) is 0 Å². The van der Waals surface area contributed by atoms with Gasteiger partial charge in [0.25, 0.3) is 11.1 Å². The molecule has 0 atom stereocenters. The lowest BCUT2D eigenvalue weighted by molar-refractivity contribution is -0.122. The zero-order chi connectivity index (χ0) is 17.3. The summed E-state index contributed by atoms with van der Waals surface area (Å²) in [6, 6.07) is 7.73. The van der Waals surface area contributed by atoms with Crippen LogP contribution < -0.4 is 0 Å². The van der Waals surface area contributed by atoms with Crippen LogP contribution in [0.15, 0.2) is 48.0 Å². The van der Waals surface area contributed by atoms with Gasteiger partial charge in [-0.1, -0.05) is 12.1 Å². The SMILES string of the molecule is C=CCN1C(=O)SC(=Cc2cc(C)n(-c3ccccn3)c2C)C1=O. The number of hydrogen-bond donors (Lipinski definition) is 0. The van der Waals surface area contributed by atoms with E-state index >= 15 is 0 Å². The minimum Gasteiger partial charge on any atom is -0.303 e. The van der Waals surface area contributed by atoms with Crippen molar-refractivity contribution in [3.8, 4) is 5.82 Å². The molecule has 0 N–H and O–H groups in total. The zero-order valence-electron chi connectivity index (χ0n) is 13.5. The van der Waals surface area contributed by atoms with E-state index in [0.29, 0.717) is 4.91 Å². The highest BCUT2D eigenvalue weighted by Crippen LogP contribution is 2.33. The first-order chi connectivity index (χ1) is 11.5. The van der Waals surface area contributed by atoms with Gasteiger partial charge in [0.1, 0.15) is 5.82 Å². The molecule has 3 heterocycles. The summed E-state index contributed by atoms with van der Waals surface area (Å²) < 4.78 is 2.03. The summed E-state index contributed by atoms with van der Waals surface area (Å²) in [4.78, 5) is 30.3. The first kappa shape index (κ1) is 16.3. The Bertz CT molecular complexity index is 853. The number of amides is 2. The van der Waals surface area contributed by atoms with Crippen LogP contribution in [-0.2, 0) is 4.79 Å². The Morgan fingerprint density at radius 2 is 2.08 bits per heavy atom. The van der Waals surface area contributed by atoms with Gasteiger partial charge in [-0.2, -0.15) is 0 Å². The first-order valence-electron chi connectivity index (χ1n) is 7.49. The van der Waals surface area contributed by atoms with E-state index in [-0.39, 0.29) is 17.7 Å². The number of rotatable bonds is 4. The van der Waals surface area contributed by atoms with E-state index in [1.807, 2.05) is 42.7 Å². The monoisotopic (exact) mass is 339 g/mol. The van der Waals surface area contributed by atoms with E-state index in [2.05, 4.69) is 11.6 Å². The standard InChI is InChI=1S/C18H17N3O2S/c1-4-9-20-17(22)15(24-18(20)23)11-14-10-12(2)21(13(14)3)16-7-5-6-8-19-16/h4-8,10-11H,1,9H2,2-3H3. The highest BCUT2D eigenvalue weighted by atomic mass is 32.2. The summed E-state index contributed by atoms with van der Waals surface area (Å²) in [6.45, 7) is 7.77. The normalized spacial score (nSPS) is 16.2. The quantitative estimate of drug-likeness (QED) is 0.629. The van der Waals surface area contributed by atoms with E-state index < -0.39 is 0 Å². The smallest absolute Gasteiger partial charge is 0.293 e. The Hall–Kier alpha value is -2.60. The molecule has 5 nitrogen and oxygen atoms in total. The number of aromatic nitrogens is 2. The highest BCUT2D eigenvalue weighted by molar-refractivity contribution is 8.18. The molecule has 1 aliphatic rings. The average molecular weight is 339 g/mol. The summed E-state index contributed by atoms with van der Waals surface area (Å²) in [7, 11) is 0. The fourth-order valence-corrected chi connectivity index (χ4v) is 3.54. The molecular weight excluding hydrogens is 322 g/mol. The van der Waals surface area contributed by atoms with Crippen LogP contribution in [-0.4, -0.2) is 32.1 Å². The molecule has 1 aliphatic heterocycles. The lowest BCUT2D eigenvalue weighted by Crippen LogP contribution is -2.27. The van der Waals surface area contributed by atoms with Crippen LogP contribution in [0.1, 0.15) is 17.0 Å². The zero-order valence-corrected chi connectivity index (χ0v) is 14.3. The number of hydrogen-bond acceptors (Lipinski definition) is 4. The van der Waals surface area contributed by atoms with Gasteiger partial charge in [-0.05, 0) is 55.4 Å². The fourth-order valence-electron chi connectivity index (χ4n) is 2.70. The number of nitrogens with zero attached hydrogens (tertiary/aromatic N) is 3. The molecule has 2 aromatic rings. The molecule has 3 rings (SSSR count). The predicted molar refractivity (Wildman–Crippen MR) is 95.9 cm³/mol. The largest absolute Gasteiger partial charge is 0.303 e. The van der Waals surface area contributed by atoms with Crippen molar-refractivity contribution in [3.05, 3.63) is 65.0 Å². The van der Waals surface area contributed by atoms with Crippen molar-refractivity contribution in [3.63, 3.8) is 0 Å². The van der Waals surface area contributed by atoms with Gasteiger partial charge in [-0.15, -0.1) is 6.58 Å². The number of aryl methyl sites for hydroxylation is 1. The topological polar surface area (TPSA) is 55.2 Å². The maximum absolute atomic E-state index is 12.3. The Balaban J connectivity index is 1.99. The van der Waals surface area contributed by atoms with E-state index in [1.165, 1.54) is 4.90 Å². The van der Waals surface area contributed by atoms with Crippen LogP contribution in [0.4, 0.5) is 4.79 Å². The van der Waals surface area contributed by atoms with Crippen LogP contribution in [0.2, 0.25) is 0 Å². The number of pyridine rings is 1. The molecule has 0 radical (unpaired) electrons. The van der Waals surface area contributed by atoms with E-state index in [4.69, 9.17) is 0 Å². The second kappa shape index (κ2) is 6.49. The lowest BCUT2D eigenvalue weighted by atomic mass is 10.2. The van der Waals surface area contributed by atoms with Crippen molar-refractivity contribution in [1.29, 1.82) is 0 Å². The van der Waals surface area contributed by atoms with E-state index in [9.17, 15) is 9.59 Å². The van der Waals surface area contributed by atoms with Crippen LogP contribution >= 0.6 is 11.8 Å². The minimum atomic E-state index is -0.271. The molecule has 2 aromatic heterocycles. The van der Waals surface area contributed by atoms with Crippen molar-refractivity contribution >= 4 is 29.0 Å². The third-order valence-corrected chi connectivity index (χ3v) is 4.73. The summed E-state index contributed by atoms with van der Waals surface area (Å²) >= 11 is 0.962. The van der Waals surface area contributed by atoms with Crippen molar-refractivity contribution < 1.29 is 9.59 Å². The Morgan fingerprint density at radius 3 is 2.75 bits per heavy atom. The van der Waals surface area contributed by atoms with Gasteiger partial charge in [-0.3, -0.25) is 14.5 Å². The van der Waals surface area contributed by atoms with Crippen LogP contribution in [0.5, 0.6) is 0 Å². The maximum Gasteiger partial charge on any atom is 0.293 e. The fraction of sp³-hybridized carbons (Fsp3) is 0.167. The molecule has 0 saturated carbocycles. The second-order valence-electron chi connectivity index (χ2n) is 5.43. The summed E-state index contributed by atoms with van der Waals surface area (Å²) in [5, 5.41) is -0.260. The van der Waals surface area contributed by atoms with E-state index in [0.717, 1.165) is 34.5 Å². The summed E-state index contributed by atoms with van der Waals surface area (Å²) in [5.41, 5.74) is 2.90. The number of carbonyl (C=O) groups excluding carboxylic acids is 2. The molecule has 0 aromatic carbocycles. The lowest BCUT2D eigenvalue weighted by Gasteiger charge is -2.08. The number of thioether (sulfide) groups is 1. The molecular formula is C18H17N3O2S. The molecule has 0 aliphatic carbocycles. The van der Waals surface area contributed by atoms with Gasteiger partial charge in [0.05, 0.1) is 4.91 Å². The molecule has 24 heavy (non-hydrogen) atoms. The molecule has 0 spiro atoms. The number of imide groups is 1. The predicted octanol–water partition coefficient (Wildman–Crippen LogP) is 3.71. The molecule has 1 fully saturated rings. The first-order valence-corrected chi connectivity index (χ1v) is 8.31. The van der Waals surface area contributed by atoms with Gasteiger partial charge in [0.15, 0.2) is 0 Å². The van der Waals surface area contributed by atoms with Crippen molar-refractivity contribution in [2.45, 2.75) is 13.8 Å². The van der Waals surface area contributed by atoms with Gasteiger partial charge in [0, 0.05) is 24.1 Å². The molecule has 1 saturated heterocycles. The van der Waals surface area contributed by atoms with Crippen molar-refractivity contribution in [2.24, 2.45) is 0 Å². The molecule has 0 unspecified atom stereocenters. The molecule has 122 valence electrons. The van der Waals surface area contributed by atoms with Gasteiger partial charge < -0.3 is 4.57 Å². The third kappa shape index (κ3) is 2.80. The van der Waals surface area contributed by atoms with Gasteiger partial charge in [-0.25, -0.2) is 4.98 Å². The van der Waals surface area contributed by atoms with Gasteiger partial charge in [0.2, 0.25) is 0 Å². The average Bonchev–Trinajstić information content (AvgIpc) is 2.99. The van der Waals surface area contributed by atoms with Crippen LogP contribution in [0, 0.1) is 13.8 Å². The highest BCUT2D eigenvalue weighted by Gasteiger charge is 2.34. The maximum atomic E-state index is 12.3. The Labute approximate surface area is 144 Å². The van der Waals surface area contributed by atoms with E-state index in [1.54, 1.807) is 18.3 Å². The Morgan fingerprint density at radius 1 is 1.29 bits per heavy atom. The molecule has 2 amide bonds. The van der Waals surface area contributed by atoms with Crippen molar-refractivity contribution in [2.75, 3.05) is 6.54 Å². The Kier molecular flexibility index (Phi) is 4.40. The third-order valence-electron chi connectivity index (χ3n) is 3.82. The minimum absolute atomic E-state index is 0.231. The number of carbonyl (C=O) groups is 2. The van der Waals surface area contributed by atoms with Crippen LogP contribution in [0.25, 0.3) is 11.9 Å². The summed E-state index contributed by atoms with van der Waals surface area (Å²) in [6.07, 6.45) is 5.07. The molecule has 0 bridgehead atoms. The summed E-state index contributed by atoms with van der Waals surface area (Å²) in [5.74, 6) is 0.555. The van der Waals surface area contributed by atoms with Crippen molar-refractivity contribution in [1.82, 2.24) is 14.5 Å².